The summed E-state index contributed by atoms with van der Waals surface area (Å²) in [6.07, 6.45) is 0. The van der Waals surface area contributed by atoms with Crippen LogP contribution in [0.3, 0.4) is 0 Å². The van der Waals surface area contributed by atoms with Gasteiger partial charge in [0, 0.05) is 0 Å². The third-order valence-corrected chi connectivity index (χ3v) is 2.49. The summed E-state index contributed by atoms with van der Waals surface area (Å²) < 4.78 is 4.49. The van der Waals surface area contributed by atoms with Crippen molar-refractivity contribution in [3.63, 3.8) is 0 Å². The van der Waals surface area contributed by atoms with Gasteiger partial charge in [-0.1, -0.05) is 23.2 Å². The molecule has 0 heterocycles. The van der Waals surface area contributed by atoms with Crippen molar-refractivity contribution in [2.75, 3.05) is 12.5 Å². The fourth-order valence-electron chi connectivity index (χ4n) is 0.907. The number of methoxy groups -OCH3 is 1. The Labute approximate surface area is 103 Å². The number of ether oxygens (including phenoxy) is 1. The van der Waals surface area contributed by atoms with Gasteiger partial charge >= 0.3 is 5.97 Å². The first-order valence-corrected chi connectivity index (χ1v) is 5.14. The Morgan fingerprint density at radius 1 is 1.38 bits per heavy atom. The SMILES string of the molecule is COC(=O)/C(C)=N\Nc1ccc(Cl)c(Cl)c1. The molecule has 0 aliphatic heterocycles. The van der Waals surface area contributed by atoms with Gasteiger partial charge in [-0.2, -0.15) is 5.10 Å². The van der Waals surface area contributed by atoms with Gasteiger partial charge in [0.05, 0.1) is 22.8 Å². The van der Waals surface area contributed by atoms with E-state index < -0.39 is 5.97 Å². The van der Waals surface area contributed by atoms with Gasteiger partial charge in [-0.3, -0.25) is 5.43 Å². The first kappa shape index (κ1) is 12.8. The Balaban J connectivity index is 2.74. The molecule has 0 atom stereocenters. The average molecular weight is 261 g/mol. The summed E-state index contributed by atoms with van der Waals surface area (Å²) in [6.45, 7) is 1.54. The topological polar surface area (TPSA) is 50.7 Å². The van der Waals surface area contributed by atoms with Crippen LogP contribution in [0.5, 0.6) is 0 Å². The van der Waals surface area contributed by atoms with Crippen molar-refractivity contribution in [3.8, 4) is 0 Å². The van der Waals surface area contributed by atoms with E-state index in [9.17, 15) is 4.79 Å². The molecule has 0 bridgehead atoms. The lowest BCUT2D eigenvalue weighted by molar-refractivity contribution is -0.132. The lowest BCUT2D eigenvalue weighted by Gasteiger charge is -2.03. The number of halogens is 2. The van der Waals surface area contributed by atoms with Gasteiger partial charge in [0.1, 0.15) is 5.71 Å². The maximum atomic E-state index is 11.0. The summed E-state index contributed by atoms with van der Waals surface area (Å²) in [5, 5.41) is 4.70. The number of hydrazone groups is 1. The molecule has 0 saturated carbocycles. The lowest BCUT2D eigenvalue weighted by Crippen LogP contribution is -2.13. The largest absolute Gasteiger partial charge is 0.464 e. The highest BCUT2D eigenvalue weighted by Crippen LogP contribution is 2.24. The van der Waals surface area contributed by atoms with Crippen molar-refractivity contribution in [3.05, 3.63) is 28.2 Å². The zero-order chi connectivity index (χ0) is 12.1. The van der Waals surface area contributed by atoms with E-state index in [0.29, 0.717) is 15.7 Å². The molecule has 86 valence electrons. The van der Waals surface area contributed by atoms with E-state index in [4.69, 9.17) is 23.2 Å². The minimum atomic E-state index is -0.493. The maximum absolute atomic E-state index is 11.0. The second-order valence-electron chi connectivity index (χ2n) is 2.93. The van der Waals surface area contributed by atoms with Crippen molar-refractivity contribution in [2.24, 2.45) is 5.10 Å². The Kier molecular flexibility index (Phi) is 4.58. The Hall–Kier alpha value is -1.26. The van der Waals surface area contributed by atoms with Crippen LogP contribution >= 0.6 is 23.2 Å². The van der Waals surface area contributed by atoms with Crippen molar-refractivity contribution in [2.45, 2.75) is 6.92 Å². The molecule has 0 aromatic heterocycles. The van der Waals surface area contributed by atoms with Crippen LogP contribution in [-0.4, -0.2) is 18.8 Å². The summed E-state index contributed by atoms with van der Waals surface area (Å²) in [6, 6.07) is 4.94. The highest BCUT2D eigenvalue weighted by atomic mass is 35.5. The quantitative estimate of drug-likeness (QED) is 0.517. The van der Waals surface area contributed by atoms with Crippen LogP contribution in [0.2, 0.25) is 10.0 Å². The van der Waals surface area contributed by atoms with Gasteiger partial charge in [0.15, 0.2) is 0 Å². The van der Waals surface area contributed by atoms with Crippen LogP contribution in [0.15, 0.2) is 23.3 Å². The molecule has 1 rings (SSSR count). The van der Waals surface area contributed by atoms with Crippen molar-refractivity contribution >= 4 is 40.6 Å². The number of hydrogen-bond acceptors (Lipinski definition) is 4. The Morgan fingerprint density at radius 3 is 2.62 bits per heavy atom. The smallest absolute Gasteiger partial charge is 0.353 e. The van der Waals surface area contributed by atoms with E-state index in [1.54, 1.807) is 18.2 Å². The molecule has 1 aromatic rings. The lowest BCUT2D eigenvalue weighted by atomic mass is 10.3. The van der Waals surface area contributed by atoms with E-state index in [2.05, 4.69) is 15.3 Å². The number of nitrogens with one attached hydrogen (secondary N) is 1. The van der Waals surface area contributed by atoms with Gasteiger partial charge in [0.2, 0.25) is 0 Å². The number of benzene rings is 1. The van der Waals surface area contributed by atoms with Crippen LogP contribution < -0.4 is 5.43 Å². The van der Waals surface area contributed by atoms with Gasteiger partial charge in [-0.25, -0.2) is 4.79 Å². The monoisotopic (exact) mass is 260 g/mol. The predicted molar refractivity (Wildman–Crippen MR) is 65.2 cm³/mol. The standard InChI is InChI=1S/C10H10Cl2N2O2/c1-6(10(15)16-2)13-14-7-3-4-8(11)9(12)5-7/h3-5,14H,1-2H3/b13-6-. The normalized spacial score (nSPS) is 11.1. The maximum Gasteiger partial charge on any atom is 0.353 e. The molecule has 0 spiro atoms. The molecular weight excluding hydrogens is 251 g/mol. The van der Waals surface area contributed by atoms with E-state index in [-0.39, 0.29) is 5.71 Å². The average Bonchev–Trinajstić information content (AvgIpc) is 2.29. The third kappa shape index (κ3) is 3.40. The Morgan fingerprint density at radius 2 is 2.06 bits per heavy atom. The number of carbonyl (C=O) groups is 1. The molecule has 0 unspecified atom stereocenters. The van der Waals surface area contributed by atoms with Crippen molar-refractivity contribution in [1.82, 2.24) is 0 Å². The molecular formula is C10H10Cl2N2O2. The molecule has 0 radical (unpaired) electrons. The summed E-state index contributed by atoms with van der Waals surface area (Å²) >= 11 is 11.6. The number of nitrogens with zero attached hydrogens (tertiary/aromatic N) is 1. The molecule has 6 heteroatoms. The minimum Gasteiger partial charge on any atom is -0.464 e. The van der Waals surface area contributed by atoms with Gasteiger partial charge < -0.3 is 4.74 Å². The van der Waals surface area contributed by atoms with Crippen molar-refractivity contribution in [1.29, 1.82) is 0 Å². The van der Waals surface area contributed by atoms with Crippen LogP contribution in [0.1, 0.15) is 6.92 Å². The fraction of sp³-hybridized carbons (Fsp3) is 0.200. The second kappa shape index (κ2) is 5.72. The molecule has 4 nitrogen and oxygen atoms in total. The first-order chi connectivity index (χ1) is 7.54. The van der Waals surface area contributed by atoms with Crippen LogP contribution in [-0.2, 0) is 9.53 Å². The number of rotatable bonds is 3. The minimum absolute atomic E-state index is 0.216. The summed E-state index contributed by atoms with van der Waals surface area (Å²) in [4.78, 5) is 11.0. The zero-order valence-corrected chi connectivity index (χ0v) is 10.3. The highest BCUT2D eigenvalue weighted by Gasteiger charge is 2.04. The summed E-state index contributed by atoms with van der Waals surface area (Å²) in [5.41, 5.74) is 3.52. The van der Waals surface area contributed by atoms with Gasteiger partial charge in [0.25, 0.3) is 0 Å². The van der Waals surface area contributed by atoms with E-state index in [1.807, 2.05) is 0 Å². The number of carbonyl (C=O) groups excluding carboxylic acids is 1. The summed E-state index contributed by atoms with van der Waals surface area (Å²) in [5.74, 6) is -0.493. The highest BCUT2D eigenvalue weighted by molar-refractivity contribution is 6.42. The molecule has 0 saturated heterocycles. The third-order valence-electron chi connectivity index (χ3n) is 1.75. The summed E-state index contributed by atoms with van der Waals surface area (Å²) in [7, 11) is 1.29. The number of esters is 1. The zero-order valence-electron chi connectivity index (χ0n) is 8.75. The molecule has 0 aliphatic carbocycles. The predicted octanol–water partition coefficient (Wildman–Crippen LogP) is 2.95. The molecule has 0 amide bonds. The van der Waals surface area contributed by atoms with Gasteiger partial charge in [-0.05, 0) is 25.1 Å². The molecule has 1 aromatic carbocycles. The molecule has 1 N–H and O–H groups in total. The molecule has 16 heavy (non-hydrogen) atoms. The fourth-order valence-corrected chi connectivity index (χ4v) is 1.21. The second-order valence-corrected chi connectivity index (χ2v) is 3.74. The van der Waals surface area contributed by atoms with Gasteiger partial charge in [-0.15, -0.1) is 0 Å². The van der Waals surface area contributed by atoms with Crippen molar-refractivity contribution < 1.29 is 9.53 Å². The van der Waals surface area contributed by atoms with Crippen LogP contribution in [0.25, 0.3) is 0 Å². The van der Waals surface area contributed by atoms with E-state index >= 15 is 0 Å². The Bertz CT molecular complexity index is 433. The molecule has 0 aliphatic rings. The number of anilines is 1. The first-order valence-electron chi connectivity index (χ1n) is 4.38. The number of hydrogen-bond donors (Lipinski definition) is 1. The van der Waals surface area contributed by atoms with Crippen LogP contribution in [0, 0.1) is 0 Å². The molecule has 0 fully saturated rings. The van der Waals surface area contributed by atoms with E-state index in [1.165, 1.54) is 14.0 Å². The van der Waals surface area contributed by atoms with Crippen LogP contribution in [0.4, 0.5) is 5.69 Å². The van der Waals surface area contributed by atoms with E-state index in [0.717, 1.165) is 0 Å².